The fourth-order valence-corrected chi connectivity index (χ4v) is 6.33. The van der Waals surface area contributed by atoms with Crippen molar-refractivity contribution < 1.29 is 13.6 Å². The number of aromatic nitrogens is 4. The van der Waals surface area contributed by atoms with E-state index in [0.29, 0.717) is 23.3 Å². The summed E-state index contributed by atoms with van der Waals surface area (Å²) in [6.45, 7) is 2.16. The zero-order valence-corrected chi connectivity index (χ0v) is 23.7. The minimum Gasteiger partial charge on any atom is -0.356 e. The molecule has 0 aliphatic heterocycles. The van der Waals surface area contributed by atoms with Gasteiger partial charge in [-0.15, -0.1) is 0 Å². The van der Waals surface area contributed by atoms with Gasteiger partial charge in [0, 0.05) is 41.4 Å². The maximum atomic E-state index is 14.1. The maximum Gasteiger partial charge on any atom is 0.207 e. The Morgan fingerprint density at radius 2 is 1.93 bits per heavy atom. The third-order valence-corrected chi connectivity index (χ3v) is 8.44. The smallest absolute Gasteiger partial charge is 0.207 e. The molecule has 2 aromatic carbocycles. The van der Waals surface area contributed by atoms with Gasteiger partial charge in [0.2, 0.25) is 6.41 Å². The number of hydrogen-bond donors (Lipinski definition) is 3. The topological polar surface area (TPSA) is 96.8 Å². The second-order valence-corrected chi connectivity index (χ2v) is 11.9. The molecule has 1 aliphatic carbocycles. The molecule has 0 spiro atoms. The lowest BCUT2D eigenvalue weighted by Crippen LogP contribution is -2.24. The Kier molecular flexibility index (Phi) is 6.83. The van der Waals surface area contributed by atoms with Gasteiger partial charge in [-0.2, -0.15) is 5.10 Å². The molecule has 6 rings (SSSR count). The Balaban J connectivity index is 1.55. The van der Waals surface area contributed by atoms with Crippen molar-refractivity contribution in [3.8, 4) is 11.1 Å². The van der Waals surface area contributed by atoms with Gasteiger partial charge in [0.25, 0.3) is 0 Å². The van der Waals surface area contributed by atoms with Crippen LogP contribution in [0.3, 0.4) is 0 Å². The lowest BCUT2D eigenvalue weighted by atomic mass is 9.94. The number of fused-ring (bicyclic) bond motifs is 2. The van der Waals surface area contributed by atoms with E-state index in [-0.39, 0.29) is 12.0 Å². The predicted octanol–water partition coefficient (Wildman–Crippen LogP) is 6.21. The van der Waals surface area contributed by atoms with Crippen molar-refractivity contribution in [2.24, 2.45) is 7.05 Å². The van der Waals surface area contributed by atoms with Crippen LogP contribution in [0.15, 0.2) is 42.5 Å². The molecule has 1 unspecified atom stereocenters. The molecule has 1 aliphatic rings. The Morgan fingerprint density at radius 1 is 1.15 bits per heavy atom. The molecule has 0 bridgehead atoms. The fourth-order valence-electron chi connectivity index (χ4n) is 4.99. The summed E-state index contributed by atoms with van der Waals surface area (Å²) >= 11 is 2.98. The standard InChI is InChI=1S/C28H27F2N7OS2/c1-28(7-8-28)34-27-33-26-22(40-27)13-20(18-5-4-6-19-24(18)37(2)35-25(19)36-39-3)23(32-26)21(31-14-38)11-15-9-16(29)12-17(30)10-15/h4-6,9-10,12-14,21H,7-8,11H2,1-3H3,(H,31,38)(H,35,36)(H,32,33,34). The summed E-state index contributed by atoms with van der Waals surface area (Å²) in [5.74, 6) is -0.622. The first-order valence-corrected chi connectivity index (χ1v) is 14.8. The van der Waals surface area contributed by atoms with E-state index in [0.717, 1.165) is 56.6 Å². The monoisotopic (exact) mass is 579 g/mol. The molecule has 3 aromatic heterocycles. The number of benzene rings is 2. The quantitative estimate of drug-likeness (QED) is 0.134. The van der Waals surface area contributed by atoms with Gasteiger partial charge in [0.05, 0.1) is 22.0 Å². The average molecular weight is 580 g/mol. The first-order valence-electron chi connectivity index (χ1n) is 12.8. The minimum absolute atomic E-state index is 0.0452. The number of aryl methyl sites for hydroxylation is 1. The first kappa shape index (κ1) is 26.5. The van der Waals surface area contributed by atoms with E-state index in [1.54, 1.807) is 0 Å². The Bertz CT molecular complexity index is 1730. The number of anilines is 2. The van der Waals surface area contributed by atoms with Crippen LogP contribution >= 0.6 is 23.3 Å². The summed E-state index contributed by atoms with van der Waals surface area (Å²) < 4.78 is 34.1. The van der Waals surface area contributed by atoms with Crippen LogP contribution in [0.4, 0.5) is 19.7 Å². The lowest BCUT2D eigenvalue weighted by Gasteiger charge is -2.20. The van der Waals surface area contributed by atoms with Crippen LogP contribution in [-0.4, -0.2) is 38.0 Å². The number of nitrogens with one attached hydrogen (secondary N) is 3. The highest BCUT2D eigenvalue weighted by Gasteiger charge is 2.38. The predicted molar refractivity (Wildman–Crippen MR) is 158 cm³/mol. The third kappa shape index (κ3) is 5.08. The molecule has 0 saturated heterocycles. The summed E-state index contributed by atoms with van der Waals surface area (Å²) in [5.41, 5.74) is 4.07. The van der Waals surface area contributed by atoms with Crippen molar-refractivity contribution in [2.75, 3.05) is 16.3 Å². The van der Waals surface area contributed by atoms with Crippen LogP contribution in [0.5, 0.6) is 0 Å². The zero-order chi connectivity index (χ0) is 28.0. The van der Waals surface area contributed by atoms with Crippen LogP contribution in [-0.2, 0) is 18.3 Å². The number of carbonyl (C=O) groups excluding carboxylic acids is 1. The molecule has 8 nitrogen and oxygen atoms in total. The van der Waals surface area contributed by atoms with Crippen LogP contribution < -0.4 is 15.4 Å². The van der Waals surface area contributed by atoms with Gasteiger partial charge in [-0.25, -0.2) is 18.7 Å². The van der Waals surface area contributed by atoms with Crippen molar-refractivity contribution in [1.82, 2.24) is 25.1 Å². The van der Waals surface area contributed by atoms with E-state index in [4.69, 9.17) is 9.97 Å². The van der Waals surface area contributed by atoms with E-state index in [9.17, 15) is 13.6 Å². The highest BCUT2D eigenvalue weighted by molar-refractivity contribution is 7.99. The van der Waals surface area contributed by atoms with E-state index in [1.165, 1.54) is 35.4 Å². The molecule has 5 aromatic rings. The number of nitrogens with zero attached hydrogens (tertiary/aromatic N) is 4. The van der Waals surface area contributed by atoms with Gasteiger partial charge in [0.15, 0.2) is 16.6 Å². The maximum absolute atomic E-state index is 14.1. The highest BCUT2D eigenvalue weighted by atomic mass is 32.2. The zero-order valence-electron chi connectivity index (χ0n) is 22.1. The minimum atomic E-state index is -0.680. The molecule has 206 valence electrons. The summed E-state index contributed by atoms with van der Waals surface area (Å²) in [6.07, 6.45) is 4.81. The second-order valence-electron chi connectivity index (χ2n) is 10.2. The molecular weight excluding hydrogens is 552 g/mol. The molecule has 1 amide bonds. The number of para-hydroxylation sites is 1. The normalized spacial score (nSPS) is 14.8. The Morgan fingerprint density at radius 3 is 2.62 bits per heavy atom. The van der Waals surface area contributed by atoms with E-state index >= 15 is 0 Å². The van der Waals surface area contributed by atoms with Gasteiger partial charge < -0.3 is 15.4 Å². The van der Waals surface area contributed by atoms with Crippen molar-refractivity contribution in [3.05, 3.63) is 65.4 Å². The number of carbonyl (C=O) groups is 1. The fraction of sp³-hybridized carbons (Fsp3) is 0.286. The molecule has 3 N–H and O–H groups in total. The van der Waals surface area contributed by atoms with E-state index in [1.807, 2.05) is 42.3 Å². The van der Waals surface area contributed by atoms with Gasteiger partial charge in [0.1, 0.15) is 11.6 Å². The molecule has 12 heteroatoms. The highest BCUT2D eigenvalue weighted by Crippen LogP contribution is 2.42. The SMILES string of the molecule is CSNc1nn(C)c2c(-c3cc4sc(NC5(C)CC5)nc4nc3C(Cc3cc(F)cc(F)c3)NC=O)cccc12. The van der Waals surface area contributed by atoms with Crippen LogP contribution in [0.25, 0.3) is 32.4 Å². The summed E-state index contributed by atoms with van der Waals surface area (Å²) in [4.78, 5) is 21.5. The number of hydrogen-bond acceptors (Lipinski definition) is 8. The second kappa shape index (κ2) is 10.3. The molecule has 40 heavy (non-hydrogen) atoms. The Labute approximate surface area is 237 Å². The molecule has 0 radical (unpaired) electrons. The molecule has 1 fully saturated rings. The Hall–Kier alpha value is -3.77. The number of rotatable bonds is 10. The van der Waals surface area contributed by atoms with Gasteiger partial charge in [-0.05, 0) is 56.0 Å². The lowest BCUT2D eigenvalue weighted by molar-refractivity contribution is -0.110. The largest absolute Gasteiger partial charge is 0.356 e. The van der Waals surface area contributed by atoms with E-state index in [2.05, 4.69) is 27.4 Å². The van der Waals surface area contributed by atoms with Crippen molar-refractivity contribution in [2.45, 2.75) is 37.8 Å². The van der Waals surface area contributed by atoms with Gasteiger partial charge in [-0.3, -0.25) is 9.48 Å². The summed E-state index contributed by atoms with van der Waals surface area (Å²) in [5, 5.41) is 12.7. The van der Waals surface area contributed by atoms with E-state index < -0.39 is 17.7 Å². The van der Waals surface area contributed by atoms with Crippen molar-refractivity contribution >= 4 is 61.9 Å². The average Bonchev–Trinajstić information content (AvgIpc) is 3.36. The van der Waals surface area contributed by atoms with Gasteiger partial charge >= 0.3 is 0 Å². The summed E-state index contributed by atoms with van der Waals surface area (Å²) in [7, 11) is 1.88. The van der Waals surface area contributed by atoms with Crippen LogP contribution in [0.2, 0.25) is 0 Å². The summed E-state index contributed by atoms with van der Waals surface area (Å²) in [6, 6.07) is 10.7. The number of thiazole rings is 1. The molecule has 3 heterocycles. The van der Waals surface area contributed by atoms with Crippen LogP contribution in [0.1, 0.15) is 37.1 Å². The van der Waals surface area contributed by atoms with Gasteiger partial charge in [-0.1, -0.05) is 35.4 Å². The molecular formula is C28H27F2N7OS2. The van der Waals surface area contributed by atoms with Crippen molar-refractivity contribution in [1.29, 1.82) is 0 Å². The van der Waals surface area contributed by atoms with Crippen LogP contribution in [0, 0.1) is 11.6 Å². The van der Waals surface area contributed by atoms with Crippen molar-refractivity contribution in [3.63, 3.8) is 0 Å². The number of amides is 1. The first-order chi connectivity index (χ1) is 19.3. The number of halogens is 2. The molecule has 1 saturated carbocycles. The number of pyridine rings is 1. The molecule has 1 atom stereocenters. The third-order valence-electron chi connectivity index (χ3n) is 7.14.